The van der Waals surface area contributed by atoms with Gasteiger partial charge in [-0.05, 0) is 31.5 Å². The minimum atomic E-state index is -0.862. The van der Waals surface area contributed by atoms with E-state index in [1.165, 1.54) is 0 Å². The molecule has 1 aromatic carbocycles. The second-order valence-corrected chi connectivity index (χ2v) is 7.37. The van der Waals surface area contributed by atoms with Crippen molar-refractivity contribution in [2.75, 3.05) is 13.1 Å². The molecule has 1 saturated heterocycles. The molecule has 24 heavy (non-hydrogen) atoms. The Morgan fingerprint density at radius 1 is 1.62 bits per heavy atom. The molecule has 0 spiro atoms. The van der Waals surface area contributed by atoms with Crippen LogP contribution in [-0.4, -0.2) is 29.9 Å². The first kappa shape index (κ1) is 17.3. The third-order valence-corrected chi connectivity index (χ3v) is 5.30. The number of hydrogen-bond donors (Lipinski definition) is 3. The van der Waals surface area contributed by atoms with E-state index in [-0.39, 0.29) is 11.8 Å². The summed E-state index contributed by atoms with van der Waals surface area (Å²) in [7, 11) is 0. The SMILES string of the molecule is C=C(C)CC(C(=O)O)C1c2cc(Cl)ccc2OC2(N)CCNCC12. The molecule has 0 amide bonds. The molecule has 4 N–H and O–H groups in total. The highest BCUT2D eigenvalue weighted by molar-refractivity contribution is 6.30. The maximum atomic E-state index is 12.0. The number of carboxylic acids is 1. The van der Waals surface area contributed by atoms with Crippen molar-refractivity contribution in [2.45, 2.75) is 31.4 Å². The van der Waals surface area contributed by atoms with Gasteiger partial charge in [0.15, 0.2) is 5.72 Å². The lowest BCUT2D eigenvalue weighted by Crippen LogP contribution is -2.64. The molecule has 2 heterocycles. The molecule has 2 aliphatic heterocycles. The van der Waals surface area contributed by atoms with Crippen LogP contribution in [0.1, 0.15) is 31.2 Å². The molecular weight excluding hydrogens is 328 g/mol. The van der Waals surface area contributed by atoms with Gasteiger partial charge in [-0.3, -0.25) is 10.5 Å². The maximum Gasteiger partial charge on any atom is 0.307 e. The number of halogens is 1. The summed E-state index contributed by atoms with van der Waals surface area (Å²) in [6.07, 6.45) is 1.04. The van der Waals surface area contributed by atoms with Crippen molar-refractivity contribution in [3.63, 3.8) is 0 Å². The molecule has 4 unspecified atom stereocenters. The Morgan fingerprint density at radius 2 is 2.38 bits per heavy atom. The molecule has 2 aliphatic rings. The van der Waals surface area contributed by atoms with Crippen molar-refractivity contribution in [1.29, 1.82) is 0 Å². The topological polar surface area (TPSA) is 84.6 Å². The number of fused-ring (bicyclic) bond motifs is 2. The van der Waals surface area contributed by atoms with Crippen LogP contribution in [0.4, 0.5) is 0 Å². The zero-order chi connectivity index (χ0) is 17.5. The Kier molecular flexibility index (Phi) is 4.60. The van der Waals surface area contributed by atoms with Gasteiger partial charge in [0, 0.05) is 41.9 Å². The Labute approximate surface area is 146 Å². The summed E-state index contributed by atoms with van der Waals surface area (Å²) < 4.78 is 6.11. The van der Waals surface area contributed by atoms with E-state index in [4.69, 9.17) is 22.1 Å². The fraction of sp³-hybridized carbons (Fsp3) is 0.500. The van der Waals surface area contributed by atoms with Crippen molar-refractivity contribution >= 4 is 17.6 Å². The standard InChI is InChI=1S/C18H23ClN2O3/c1-10(2)7-13(17(22)23)16-12-8-11(19)3-4-15(12)24-18(20)5-6-21-9-14(16)18/h3-4,8,13-14,16,21H,1,5-7,9,20H2,2H3,(H,22,23). The van der Waals surface area contributed by atoms with E-state index in [9.17, 15) is 9.90 Å². The molecule has 5 nitrogen and oxygen atoms in total. The molecule has 0 aromatic heterocycles. The molecule has 6 heteroatoms. The van der Waals surface area contributed by atoms with E-state index in [1.807, 2.05) is 13.0 Å². The van der Waals surface area contributed by atoms with Crippen LogP contribution in [0, 0.1) is 11.8 Å². The number of ether oxygens (including phenoxy) is 1. The summed E-state index contributed by atoms with van der Waals surface area (Å²) in [4.78, 5) is 12.0. The average Bonchev–Trinajstić information content (AvgIpc) is 2.50. The lowest BCUT2D eigenvalue weighted by Gasteiger charge is -2.50. The van der Waals surface area contributed by atoms with Gasteiger partial charge in [-0.25, -0.2) is 0 Å². The first-order chi connectivity index (χ1) is 11.3. The Bertz CT molecular complexity index is 678. The van der Waals surface area contributed by atoms with Gasteiger partial charge in [-0.2, -0.15) is 0 Å². The first-order valence-electron chi connectivity index (χ1n) is 8.17. The number of aliphatic carboxylic acids is 1. The third kappa shape index (κ3) is 3.04. The lowest BCUT2D eigenvalue weighted by molar-refractivity contribution is -0.145. The van der Waals surface area contributed by atoms with Crippen LogP contribution in [-0.2, 0) is 4.79 Å². The number of allylic oxidation sites excluding steroid dienone is 1. The predicted octanol–water partition coefficient (Wildman–Crippen LogP) is 2.75. The largest absolute Gasteiger partial charge is 0.481 e. The molecule has 1 aromatic rings. The third-order valence-electron chi connectivity index (χ3n) is 5.07. The Balaban J connectivity index is 2.13. The number of nitrogens with two attached hydrogens (primary N) is 1. The highest BCUT2D eigenvalue weighted by atomic mass is 35.5. The van der Waals surface area contributed by atoms with Gasteiger partial charge >= 0.3 is 5.97 Å². The molecule has 1 fully saturated rings. The Morgan fingerprint density at radius 3 is 3.04 bits per heavy atom. The van der Waals surface area contributed by atoms with Crippen molar-refractivity contribution in [3.8, 4) is 5.75 Å². The van der Waals surface area contributed by atoms with Crippen LogP contribution in [0.5, 0.6) is 5.75 Å². The molecule has 3 rings (SSSR count). The van der Waals surface area contributed by atoms with E-state index in [2.05, 4.69) is 11.9 Å². The van der Waals surface area contributed by atoms with Crippen LogP contribution in [0.3, 0.4) is 0 Å². The highest BCUT2D eigenvalue weighted by Gasteiger charge is 2.52. The van der Waals surface area contributed by atoms with Gasteiger partial charge in [0.1, 0.15) is 5.75 Å². The molecule has 0 bridgehead atoms. The molecule has 130 valence electrons. The summed E-state index contributed by atoms with van der Waals surface area (Å²) in [5, 5.41) is 13.8. The van der Waals surface area contributed by atoms with Crippen LogP contribution in [0.2, 0.25) is 5.02 Å². The van der Waals surface area contributed by atoms with Gasteiger partial charge in [0.25, 0.3) is 0 Å². The second kappa shape index (κ2) is 6.39. The van der Waals surface area contributed by atoms with Crippen LogP contribution >= 0.6 is 11.6 Å². The predicted molar refractivity (Wildman–Crippen MR) is 93.3 cm³/mol. The summed E-state index contributed by atoms with van der Waals surface area (Å²) in [5.74, 6) is -1.24. The number of carboxylic acid groups (broad SMARTS) is 1. The number of piperidine rings is 1. The monoisotopic (exact) mass is 350 g/mol. The van der Waals surface area contributed by atoms with E-state index in [0.29, 0.717) is 30.2 Å². The van der Waals surface area contributed by atoms with Crippen molar-refractivity contribution < 1.29 is 14.6 Å². The highest BCUT2D eigenvalue weighted by Crippen LogP contribution is 2.50. The summed E-state index contributed by atoms with van der Waals surface area (Å²) in [6.45, 7) is 7.12. The van der Waals surface area contributed by atoms with E-state index >= 15 is 0 Å². The molecular formula is C18H23ClN2O3. The van der Waals surface area contributed by atoms with Crippen molar-refractivity contribution in [2.24, 2.45) is 17.6 Å². The molecule has 0 aliphatic carbocycles. The van der Waals surface area contributed by atoms with Gasteiger partial charge in [-0.15, -0.1) is 6.58 Å². The Hall–Kier alpha value is -1.56. The summed E-state index contributed by atoms with van der Waals surface area (Å²) in [6, 6.07) is 5.35. The zero-order valence-electron chi connectivity index (χ0n) is 13.7. The van der Waals surface area contributed by atoms with Crippen molar-refractivity contribution in [1.82, 2.24) is 5.32 Å². The maximum absolute atomic E-state index is 12.0. The lowest BCUT2D eigenvalue weighted by atomic mass is 9.67. The summed E-state index contributed by atoms with van der Waals surface area (Å²) >= 11 is 6.17. The first-order valence-corrected chi connectivity index (χ1v) is 8.55. The number of benzene rings is 1. The van der Waals surface area contributed by atoms with Crippen LogP contribution in [0.25, 0.3) is 0 Å². The van der Waals surface area contributed by atoms with E-state index < -0.39 is 17.6 Å². The van der Waals surface area contributed by atoms with Gasteiger partial charge in [0.2, 0.25) is 0 Å². The summed E-state index contributed by atoms with van der Waals surface area (Å²) in [5.41, 5.74) is 7.37. The van der Waals surface area contributed by atoms with Gasteiger partial charge < -0.3 is 15.2 Å². The van der Waals surface area contributed by atoms with Gasteiger partial charge in [0.05, 0.1) is 5.92 Å². The minimum absolute atomic E-state index is 0.141. The minimum Gasteiger partial charge on any atom is -0.481 e. The number of rotatable bonds is 4. The fourth-order valence-electron chi connectivity index (χ4n) is 3.99. The number of carbonyl (C=O) groups is 1. The average molecular weight is 351 g/mol. The fourth-order valence-corrected chi connectivity index (χ4v) is 4.17. The van der Waals surface area contributed by atoms with Gasteiger partial charge in [-0.1, -0.05) is 17.2 Å². The molecule has 0 saturated carbocycles. The molecule has 4 atom stereocenters. The van der Waals surface area contributed by atoms with Crippen LogP contribution < -0.4 is 15.8 Å². The quantitative estimate of drug-likeness (QED) is 0.727. The second-order valence-electron chi connectivity index (χ2n) is 6.93. The van der Waals surface area contributed by atoms with E-state index in [0.717, 1.165) is 17.7 Å². The smallest absolute Gasteiger partial charge is 0.307 e. The van der Waals surface area contributed by atoms with Crippen LogP contribution in [0.15, 0.2) is 30.4 Å². The molecule has 0 radical (unpaired) electrons. The number of hydrogen-bond acceptors (Lipinski definition) is 4. The normalized spacial score (nSPS) is 29.8. The van der Waals surface area contributed by atoms with E-state index in [1.54, 1.807) is 12.1 Å². The number of nitrogens with one attached hydrogen (secondary N) is 1. The zero-order valence-corrected chi connectivity index (χ0v) is 14.5. The van der Waals surface area contributed by atoms with Crippen molar-refractivity contribution in [3.05, 3.63) is 40.9 Å².